The van der Waals surface area contributed by atoms with Crippen molar-refractivity contribution in [1.82, 2.24) is 24.3 Å². The lowest BCUT2D eigenvalue weighted by Gasteiger charge is -2.33. The van der Waals surface area contributed by atoms with Gasteiger partial charge in [0.15, 0.2) is 0 Å². The van der Waals surface area contributed by atoms with E-state index in [-0.39, 0.29) is 25.0 Å². The Morgan fingerprint density at radius 1 is 1.13 bits per heavy atom. The molecule has 1 aliphatic carbocycles. The first-order valence-electron chi connectivity index (χ1n) is 13.0. The van der Waals surface area contributed by atoms with Crippen molar-refractivity contribution in [2.75, 3.05) is 32.4 Å². The first kappa shape index (κ1) is 27.5. The molecule has 0 bridgehead atoms. The molecule has 1 aromatic heterocycles. The molecule has 2 aromatic carbocycles. The monoisotopic (exact) mass is 569 g/mol. The number of hydrogen-bond acceptors (Lipinski definition) is 6. The fraction of sp³-hybridized carbons (Fsp3) is 0.393. The predicted molar refractivity (Wildman–Crippen MR) is 150 cm³/mol. The summed E-state index contributed by atoms with van der Waals surface area (Å²) in [6, 6.07) is 14.7. The molecule has 1 unspecified atom stereocenters. The number of hydrogen-bond donors (Lipinski definition) is 1. The van der Waals surface area contributed by atoms with Crippen LogP contribution in [0.3, 0.4) is 0 Å². The highest BCUT2D eigenvalue weighted by molar-refractivity contribution is 7.88. The van der Waals surface area contributed by atoms with Crippen molar-refractivity contribution in [3.8, 4) is 5.75 Å². The van der Waals surface area contributed by atoms with Crippen LogP contribution in [0.5, 0.6) is 5.75 Å². The molecule has 1 N–H and O–H groups in total. The minimum atomic E-state index is -1.01. The SMILES string of the molecule is Cn1nc(C2CC2)cc1C(=O)NCc1cccc(OCc2ccc(C(=O)N3CCN([S+](C)[O-])CC3)cc2)c1Cl. The summed E-state index contributed by atoms with van der Waals surface area (Å²) in [5, 5.41) is 7.83. The van der Waals surface area contributed by atoms with E-state index in [9.17, 15) is 14.1 Å². The van der Waals surface area contributed by atoms with Crippen LogP contribution in [0.15, 0.2) is 48.5 Å². The van der Waals surface area contributed by atoms with E-state index in [1.54, 1.807) is 41.1 Å². The molecule has 1 aliphatic heterocycles. The number of amides is 2. The Hall–Kier alpha value is -3.05. The zero-order valence-electron chi connectivity index (χ0n) is 22.1. The van der Waals surface area contributed by atoms with Crippen molar-refractivity contribution in [2.24, 2.45) is 7.05 Å². The molecule has 9 nitrogen and oxygen atoms in total. The van der Waals surface area contributed by atoms with E-state index in [4.69, 9.17) is 16.3 Å². The highest BCUT2D eigenvalue weighted by Gasteiger charge is 2.28. The first-order valence-corrected chi connectivity index (χ1v) is 14.9. The van der Waals surface area contributed by atoms with E-state index < -0.39 is 11.4 Å². The number of carbonyl (C=O) groups is 2. The van der Waals surface area contributed by atoms with Crippen molar-refractivity contribution in [2.45, 2.75) is 31.9 Å². The van der Waals surface area contributed by atoms with Gasteiger partial charge in [0.2, 0.25) is 0 Å². The van der Waals surface area contributed by atoms with E-state index in [1.165, 1.54) is 0 Å². The number of halogens is 1. The minimum Gasteiger partial charge on any atom is -0.598 e. The van der Waals surface area contributed by atoms with Crippen LogP contribution in [-0.4, -0.2) is 67.8 Å². The van der Waals surface area contributed by atoms with E-state index in [1.807, 2.05) is 34.6 Å². The highest BCUT2D eigenvalue weighted by Crippen LogP contribution is 2.39. The number of carbonyl (C=O) groups excluding carboxylic acids is 2. The molecule has 5 rings (SSSR count). The molecule has 206 valence electrons. The van der Waals surface area contributed by atoms with Gasteiger partial charge in [-0.3, -0.25) is 14.3 Å². The number of nitrogens with one attached hydrogen (secondary N) is 1. The highest BCUT2D eigenvalue weighted by atomic mass is 35.5. The van der Waals surface area contributed by atoms with E-state index in [0.717, 1.165) is 29.7 Å². The smallest absolute Gasteiger partial charge is 0.269 e. The fourth-order valence-corrected chi connectivity index (χ4v) is 5.51. The Bertz CT molecular complexity index is 1330. The van der Waals surface area contributed by atoms with Crippen LogP contribution >= 0.6 is 11.6 Å². The second-order valence-electron chi connectivity index (χ2n) is 9.89. The molecule has 1 saturated heterocycles. The summed E-state index contributed by atoms with van der Waals surface area (Å²) >= 11 is 5.60. The lowest BCUT2D eigenvalue weighted by molar-refractivity contribution is 0.0698. The summed E-state index contributed by atoms with van der Waals surface area (Å²) in [6.07, 6.45) is 3.92. The van der Waals surface area contributed by atoms with Crippen molar-refractivity contribution in [1.29, 1.82) is 0 Å². The van der Waals surface area contributed by atoms with Crippen molar-refractivity contribution in [3.05, 3.63) is 81.6 Å². The van der Waals surface area contributed by atoms with Crippen molar-refractivity contribution in [3.63, 3.8) is 0 Å². The number of benzene rings is 2. The Morgan fingerprint density at radius 2 is 1.85 bits per heavy atom. The van der Waals surface area contributed by atoms with Gasteiger partial charge in [0.25, 0.3) is 11.8 Å². The van der Waals surface area contributed by atoms with E-state index in [0.29, 0.717) is 54.1 Å². The van der Waals surface area contributed by atoms with Gasteiger partial charge < -0.3 is 19.5 Å². The number of ether oxygens (including phenoxy) is 1. The van der Waals surface area contributed by atoms with Crippen LogP contribution in [-0.2, 0) is 31.6 Å². The summed E-state index contributed by atoms with van der Waals surface area (Å²) < 4.78 is 21.1. The van der Waals surface area contributed by atoms with Gasteiger partial charge in [0, 0.05) is 49.5 Å². The Kier molecular flexibility index (Phi) is 8.46. The van der Waals surface area contributed by atoms with Gasteiger partial charge in [-0.05, 0) is 48.2 Å². The summed E-state index contributed by atoms with van der Waals surface area (Å²) in [7, 11) is 1.78. The predicted octanol–water partition coefficient (Wildman–Crippen LogP) is 3.51. The van der Waals surface area contributed by atoms with Crippen LogP contribution in [0.4, 0.5) is 0 Å². The van der Waals surface area contributed by atoms with Crippen LogP contribution in [0.1, 0.15) is 56.4 Å². The molecule has 0 radical (unpaired) electrons. The zero-order valence-corrected chi connectivity index (χ0v) is 23.6. The fourth-order valence-electron chi connectivity index (χ4n) is 4.59. The van der Waals surface area contributed by atoms with E-state index >= 15 is 0 Å². The van der Waals surface area contributed by atoms with Crippen molar-refractivity contribution >= 4 is 34.8 Å². The lowest BCUT2D eigenvalue weighted by Crippen LogP contribution is -2.50. The summed E-state index contributed by atoms with van der Waals surface area (Å²) in [5.41, 5.74) is 3.76. The number of rotatable bonds is 9. The zero-order chi connectivity index (χ0) is 27.5. The van der Waals surface area contributed by atoms with Crippen molar-refractivity contribution < 1.29 is 18.9 Å². The molecular weight excluding hydrogens is 538 g/mol. The van der Waals surface area contributed by atoms with Crippen LogP contribution in [0.2, 0.25) is 5.02 Å². The quantitative estimate of drug-likeness (QED) is 0.396. The minimum absolute atomic E-state index is 0.0308. The van der Waals surface area contributed by atoms with Gasteiger partial charge in [-0.25, -0.2) is 0 Å². The molecule has 11 heteroatoms. The largest absolute Gasteiger partial charge is 0.598 e. The molecule has 2 amide bonds. The number of aryl methyl sites for hydroxylation is 1. The molecule has 0 spiro atoms. The molecule has 39 heavy (non-hydrogen) atoms. The summed E-state index contributed by atoms with van der Waals surface area (Å²) in [4.78, 5) is 27.4. The van der Waals surface area contributed by atoms with Gasteiger partial charge in [-0.2, -0.15) is 5.10 Å². The van der Waals surface area contributed by atoms with Crippen LogP contribution in [0.25, 0.3) is 0 Å². The molecule has 1 atom stereocenters. The maximum atomic E-state index is 12.8. The van der Waals surface area contributed by atoms with Crippen LogP contribution in [0, 0.1) is 0 Å². The number of piperazine rings is 1. The van der Waals surface area contributed by atoms with E-state index in [2.05, 4.69) is 10.4 Å². The maximum Gasteiger partial charge on any atom is 0.269 e. The third-order valence-corrected chi connectivity index (χ3v) is 8.62. The standard InChI is InChI=1S/C28H32ClN5O4S/c1-32-24(16-23(31-32)20-10-11-20)27(35)30-17-22-4-3-5-25(26(22)29)38-18-19-6-8-21(9-7-19)28(36)33-12-14-34(15-13-33)39(2)37/h3-9,16,20H,10-15,17-18H2,1-2H3,(H,30,35). The van der Waals surface area contributed by atoms with Crippen LogP contribution < -0.4 is 10.1 Å². The molecule has 1 saturated carbocycles. The summed E-state index contributed by atoms with van der Waals surface area (Å²) in [6.45, 7) is 2.87. The Balaban J connectivity index is 1.14. The normalized spacial score (nSPS) is 16.7. The Morgan fingerprint density at radius 3 is 2.51 bits per heavy atom. The maximum absolute atomic E-state index is 12.8. The molecule has 3 aromatic rings. The lowest BCUT2D eigenvalue weighted by atomic mass is 10.1. The molecule has 2 fully saturated rings. The number of nitrogens with zero attached hydrogens (tertiary/aromatic N) is 4. The third-order valence-electron chi connectivity index (χ3n) is 7.09. The topological polar surface area (TPSA) is 103 Å². The molecule has 2 heterocycles. The first-order chi connectivity index (χ1) is 18.8. The van der Waals surface area contributed by atoms with Gasteiger partial charge >= 0.3 is 0 Å². The molecular formula is C28H32ClN5O4S. The average Bonchev–Trinajstić information content (AvgIpc) is 3.72. The van der Waals surface area contributed by atoms with Gasteiger partial charge in [-0.15, -0.1) is 4.31 Å². The third kappa shape index (κ3) is 6.58. The summed E-state index contributed by atoms with van der Waals surface area (Å²) in [5.74, 6) is 0.771. The van der Waals surface area contributed by atoms with Gasteiger partial charge in [0.05, 0.1) is 23.8 Å². The average molecular weight is 570 g/mol. The van der Waals surface area contributed by atoms with Gasteiger partial charge in [0.1, 0.15) is 24.3 Å². The second kappa shape index (κ2) is 12.0. The molecule has 2 aliphatic rings. The Labute approximate surface area is 236 Å². The second-order valence-corrected chi connectivity index (χ2v) is 11.6. The number of aromatic nitrogens is 2. The van der Waals surface area contributed by atoms with Gasteiger partial charge in [-0.1, -0.05) is 35.9 Å².